The van der Waals surface area contributed by atoms with E-state index in [0.29, 0.717) is 11.8 Å². The van der Waals surface area contributed by atoms with Crippen LogP contribution in [0.1, 0.15) is 109 Å². The van der Waals surface area contributed by atoms with Gasteiger partial charge < -0.3 is 5.11 Å². The van der Waals surface area contributed by atoms with Gasteiger partial charge in [-0.2, -0.15) is 8.42 Å². The Morgan fingerprint density at radius 3 is 1.71 bits per heavy atom. The highest BCUT2D eigenvalue weighted by molar-refractivity contribution is 7.87. The van der Waals surface area contributed by atoms with E-state index in [9.17, 15) is 22.9 Å². The smallest absolute Gasteiger partial charge is 0.332 e. The van der Waals surface area contributed by atoms with E-state index in [2.05, 4.69) is 6.92 Å². The van der Waals surface area contributed by atoms with Gasteiger partial charge in [0.25, 0.3) is 10.1 Å². The minimum Gasteiger partial charge on any atom is -0.480 e. The Morgan fingerprint density at radius 1 is 0.735 bits per heavy atom. The molecule has 1 unspecified atom stereocenters. The van der Waals surface area contributed by atoms with E-state index in [0.717, 1.165) is 31.1 Å². The molecule has 0 fully saturated rings. The second kappa shape index (κ2) is 14.5. The number of aliphatic carboxylic acids is 1. The molecule has 0 aliphatic rings. The Hall–Kier alpha value is -1.92. The van der Waals surface area contributed by atoms with Crippen molar-refractivity contribution >= 4 is 26.9 Å². The minimum absolute atomic E-state index is 0.135. The molecule has 190 valence electrons. The maximum absolute atomic E-state index is 12.5. The lowest BCUT2D eigenvalue weighted by molar-refractivity contribution is -0.140. The predicted octanol–water partition coefficient (Wildman–Crippen LogP) is 7.88. The molecule has 0 aliphatic carbocycles. The lowest BCUT2D eigenvalue weighted by Gasteiger charge is -2.28. The van der Waals surface area contributed by atoms with Gasteiger partial charge in [-0.3, -0.25) is 9.35 Å². The number of benzene rings is 2. The van der Waals surface area contributed by atoms with Gasteiger partial charge in [-0.05, 0) is 22.8 Å². The lowest BCUT2D eigenvalue weighted by Crippen LogP contribution is -2.43. The molecule has 0 amide bonds. The van der Waals surface area contributed by atoms with Gasteiger partial charge in [0.05, 0.1) is 0 Å². The van der Waals surface area contributed by atoms with Crippen molar-refractivity contribution in [2.45, 2.75) is 108 Å². The maximum atomic E-state index is 12.5. The van der Waals surface area contributed by atoms with Crippen molar-refractivity contribution in [1.82, 2.24) is 0 Å². The molecule has 2 N–H and O–H groups in total. The van der Waals surface area contributed by atoms with Crippen LogP contribution >= 0.6 is 0 Å². The highest BCUT2D eigenvalue weighted by Gasteiger charge is 2.52. The summed E-state index contributed by atoms with van der Waals surface area (Å²) in [6, 6.07) is 12.0. The van der Waals surface area contributed by atoms with Gasteiger partial charge in [0, 0.05) is 0 Å². The number of carboxylic acid groups (broad SMARTS) is 1. The average molecular weight is 491 g/mol. The molecule has 0 spiro atoms. The van der Waals surface area contributed by atoms with E-state index < -0.39 is 20.8 Å². The molecule has 6 heteroatoms. The summed E-state index contributed by atoms with van der Waals surface area (Å²) in [5, 5.41) is 11.3. The topological polar surface area (TPSA) is 91.7 Å². The van der Waals surface area contributed by atoms with Gasteiger partial charge in [0.1, 0.15) is 0 Å². The van der Waals surface area contributed by atoms with E-state index in [4.69, 9.17) is 0 Å². The van der Waals surface area contributed by atoms with E-state index in [1.54, 1.807) is 18.2 Å². The minimum atomic E-state index is -4.89. The van der Waals surface area contributed by atoms with Crippen molar-refractivity contribution in [2.24, 2.45) is 0 Å². The van der Waals surface area contributed by atoms with Gasteiger partial charge in [-0.15, -0.1) is 0 Å². The number of fused-ring (bicyclic) bond motifs is 1. The molecule has 2 rings (SSSR count). The molecular weight excluding hydrogens is 448 g/mol. The first-order valence-corrected chi connectivity index (χ1v) is 14.5. The maximum Gasteiger partial charge on any atom is 0.332 e. The molecule has 0 saturated carbocycles. The van der Waals surface area contributed by atoms with Gasteiger partial charge in [0.15, 0.2) is 0 Å². The van der Waals surface area contributed by atoms with Crippen molar-refractivity contribution in [1.29, 1.82) is 0 Å². The summed E-state index contributed by atoms with van der Waals surface area (Å²) in [6.07, 6.45) is 16.0. The first-order chi connectivity index (χ1) is 16.3. The summed E-state index contributed by atoms with van der Waals surface area (Å²) in [6.45, 7) is 2.24. The fraction of sp³-hybridized carbons (Fsp3) is 0.607. The number of carboxylic acids is 1. The van der Waals surface area contributed by atoms with Crippen molar-refractivity contribution in [3.05, 3.63) is 48.0 Å². The normalized spacial score (nSPS) is 13.7. The molecule has 1 atom stereocenters. The van der Waals surface area contributed by atoms with Crippen LogP contribution in [0.4, 0.5) is 0 Å². The largest absolute Gasteiger partial charge is 0.480 e. The van der Waals surface area contributed by atoms with E-state index in [1.807, 2.05) is 18.2 Å². The standard InChI is InChI=1S/C28H42O5S/c1-2-3-4-5-6-7-8-9-10-11-12-13-14-17-23-28(27(29)30,34(31,32)33)26-22-18-20-24-19-15-16-21-25(24)26/h15-16,18-22H,2-14,17,23H2,1H3,(H,29,30)(H,31,32,33). The second-order valence-corrected chi connectivity index (χ2v) is 11.1. The fourth-order valence-corrected chi connectivity index (χ4v) is 5.96. The number of rotatable bonds is 18. The molecular formula is C28H42O5S. The average Bonchev–Trinajstić information content (AvgIpc) is 2.80. The Labute approximate surface area is 205 Å². The number of hydrogen-bond donors (Lipinski definition) is 2. The zero-order valence-electron chi connectivity index (χ0n) is 20.7. The summed E-state index contributed by atoms with van der Waals surface area (Å²) in [7, 11) is -4.89. The van der Waals surface area contributed by atoms with Crippen LogP contribution in [0, 0.1) is 0 Å². The molecule has 5 nitrogen and oxygen atoms in total. The highest BCUT2D eigenvalue weighted by Crippen LogP contribution is 2.39. The Kier molecular flexibility index (Phi) is 12.1. The summed E-state index contributed by atoms with van der Waals surface area (Å²) in [5.41, 5.74) is 0.135. The summed E-state index contributed by atoms with van der Waals surface area (Å²) >= 11 is 0. The number of hydrogen-bond acceptors (Lipinski definition) is 3. The first-order valence-electron chi connectivity index (χ1n) is 13.0. The summed E-state index contributed by atoms with van der Waals surface area (Å²) in [5.74, 6) is -1.53. The zero-order chi connectivity index (χ0) is 24.9. The Bertz CT molecular complexity index is 980. The third-order valence-electron chi connectivity index (χ3n) is 6.89. The Morgan fingerprint density at radius 2 is 1.21 bits per heavy atom. The SMILES string of the molecule is CCCCCCCCCCCCCCCCC(C(=O)O)(c1cccc2ccccc12)S(=O)(=O)O. The van der Waals surface area contributed by atoms with E-state index >= 15 is 0 Å². The van der Waals surface area contributed by atoms with Crippen LogP contribution in [-0.2, 0) is 19.7 Å². The van der Waals surface area contributed by atoms with E-state index in [-0.39, 0.29) is 12.0 Å². The third-order valence-corrected chi connectivity index (χ3v) is 8.37. The van der Waals surface area contributed by atoms with Crippen molar-refractivity contribution < 1.29 is 22.9 Å². The fourth-order valence-electron chi connectivity index (χ4n) is 4.88. The highest BCUT2D eigenvalue weighted by atomic mass is 32.2. The van der Waals surface area contributed by atoms with Crippen molar-refractivity contribution in [2.75, 3.05) is 0 Å². The van der Waals surface area contributed by atoms with Crippen LogP contribution in [0.2, 0.25) is 0 Å². The molecule has 0 heterocycles. The predicted molar refractivity (Wildman–Crippen MR) is 140 cm³/mol. The van der Waals surface area contributed by atoms with Crippen LogP contribution < -0.4 is 0 Å². The molecule has 0 radical (unpaired) electrons. The van der Waals surface area contributed by atoms with Gasteiger partial charge in [0.2, 0.25) is 4.75 Å². The second-order valence-electron chi connectivity index (χ2n) is 9.48. The molecule has 0 aliphatic heterocycles. The summed E-state index contributed by atoms with van der Waals surface area (Å²) in [4.78, 5) is 12.3. The molecule has 34 heavy (non-hydrogen) atoms. The van der Waals surface area contributed by atoms with Gasteiger partial charge in [-0.1, -0.05) is 139 Å². The zero-order valence-corrected chi connectivity index (χ0v) is 21.5. The van der Waals surface area contributed by atoms with Crippen LogP contribution in [0.25, 0.3) is 10.8 Å². The van der Waals surface area contributed by atoms with Crippen LogP contribution in [0.5, 0.6) is 0 Å². The van der Waals surface area contributed by atoms with Crippen LogP contribution in [-0.4, -0.2) is 24.0 Å². The van der Waals surface area contributed by atoms with Crippen molar-refractivity contribution in [3.63, 3.8) is 0 Å². The Balaban J connectivity index is 1.84. The number of carbonyl (C=O) groups is 1. The molecule has 0 saturated heterocycles. The quantitative estimate of drug-likeness (QED) is 0.164. The molecule has 0 bridgehead atoms. The monoisotopic (exact) mass is 490 g/mol. The number of unbranched alkanes of at least 4 members (excludes halogenated alkanes) is 13. The van der Waals surface area contributed by atoms with Crippen LogP contribution in [0.3, 0.4) is 0 Å². The first kappa shape index (κ1) is 28.3. The lowest BCUT2D eigenvalue weighted by atomic mass is 9.88. The summed E-state index contributed by atoms with van der Waals surface area (Å²) < 4.78 is 32.7. The van der Waals surface area contributed by atoms with E-state index in [1.165, 1.54) is 63.9 Å². The molecule has 2 aromatic carbocycles. The van der Waals surface area contributed by atoms with Crippen LogP contribution in [0.15, 0.2) is 42.5 Å². The third kappa shape index (κ3) is 7.81. The molecule has 2 aromatic rings. The van der Waals surface area contributed by atoms with Gasteiger partial charge in [-0.25, -0.2) is 0 Å². The van der Waals surface area contributed by atoms with Gasteiger partial charge >= 0.3 is 5.97 Å². The molecule has 0 aromatic heterocycles. The van der Waals surface area contributed by atoms with Crippen molar-refractivity contribution in [3.8, 4) is 0 Å².